The zero-order valence-corrected chi connectivity index (χ0v) is 24.2. The number of aromatic nitrogens is 1. The van der Waals surface area contributed by atoms with E-state index in [0.717, 1.165) is 33.4 Å². The minimum absolute atomic E-state index is 0.115. The number of hydrogen-bond donors (Lipinski definition) is 2. The number of benzene rings is 4. The second-order valence-electron chi connectivity index (χ2n) is 10.6. The number of rotatable bonds is 12. The van der Waals surface area contributed by atoms with Gasteiger partial charge in [0.1, 0.15) is 12.6 Å². The lowest BCUT2D eigenvalue weighted by Gasteiger charge is -2.22. The minimum atomic E-state index is -0.880. The molecular weight excluding hydrogens is 550 g/mol. The van der Waals surface area contributed by atoms with Crippen LogP contribution in [0.3, 0.4) is 0 Å². The first-order chi connectivity index (χ1) is 21.5. The molecule has 1 aromatic heterocycles. The maximum absolute atomic E-state index is 13.6. The van der Waals surface area contributed by atoms with Gasteiger partial charge in [0.2, 0.25) is 5.91 Å². The fourth-order valence-electron chi connectivity index (χ4n) is 5.02. The summed E-state index contributed by atoms with van der Waals surface area (Å²) in [6, 6.07) is 37.1. The Morgan fingerprint density at radius 1 is 0.773 bits per heavy atom. The Morgan fingerprint density at radius 3 is 1.93 bits per heavy atom. The highest BCUT2D eigenvalue weighted by Crippen LogP contribution is 2.27. The maximum Gasteiger partial charge on any atom is 0.308 e. The number of nitrogens with zero attached hydrogens (tertiary/aromatic N) is 2. The molecule has 0 spiro atoms. The predicted octanol–water partition coefficient (Wildman–Crippen LogP) is 6.09. The lowest BCUT2D eigenvalue weighted by Crippen LogP contribution is -2.43. The Labute approximate surface area is 257 Å². The first-order valence-electron chi connectivity index (χ1n) is 14.5. The molecule has 44 heavy (non-hydrogen) atoms. The van der Waals surface area contributed by atoms with E-state index in [1.807, 2.05) is 109 Å². The van der Waals surface area contributed by atoms with Crippen LogP contribution in [0.4, 0.5) is 0 Å². The standard InChI is InChI=1S/C37H33N3O4/c38-23-28-11-13-30(14-12-28)31-15-17-32(18-16-31)33-19-20-40(24-33)35(22-36(42)44-26-29-9-5-2-6-10-29)37(43)39-34(25-41)21-27-7-3-1-4-8-27/h1-20,24,34-35,41H,21-22,25-26H2,(H,39,43)/t34-,35?/m0/s1. The van der Waals surface area contributed by atoms with Crippen LogP contribution in [0.5, 0.6) is 0 Å². The highest BCUT2D eigenvalue weighted by atomic mass is 16.5. The van der Waals surface area contributed by atoms with Crippen molar-refractivity contribution in [1.82, 2.24) is 9.88 Å². The average Bonchev–Trinajstić information content (AvgIpc) is 3.57. The van der Waals surface area contributed by atoms with Gasteiger partial charge in [-0.15, -0.1) is 0 Å². The predicted molar refractivity (Wildman–Crippen MR) is 169 cm³/mol. The Kier molecular flexibility index (Phi) is 9.98. The molecule has 7 nitrogen and oxygen atoms in total. The van der Waals surface area contributed by atoms with Gasteiger partial charge in [0.25, 0.3) is 0 Å². The number of nitriles is 1. The molecule has 0 aliphatic carbocycles. The molecule has 0 aliphatic heterocycles. The van der Waals surface area contributed by atoms with Gasteiger partial charge in [-0.2, -0.15) is 5.26 Å². The third-order valence-corrected chi connectivity index (χ3v) is 7.44. The molecule has 1 unspecified atom stereocenters. The largest absolute Gasteiger partial charge is 0.461 e. The molecule has 1 amide bonds. The topological polar surface area (TPSA) is 104 Å². The Bertz CT molecular complexity index is 1710. The van der Waals surface area contributed by atoms with Crippen LogP contribution in [0.15, 0.2) is 128 Å². The van der Waals surface area contributed by atoms with Gasteiger partial charge in [-0.3, -0.25) is 9.59 Å². The first kappa shape index (κ1) is 30.0. The molecule has 2 N–H and O–H groups in total. The van der Waals surface area contributed by atoms with E-state index >= 15 is 0 Å². The zero-order valence-electron chi connectivity index (χ0n) is 24.2. The molecule has 0 aliphatic rings. The van der Waals surface area contributed by atoms with E-state index in [9.17, 15) is 14.7 Å². The highest BCUT2D eigenvalue weighted by Gasteiger charge is 2.27. The molecule has 0 radical (unpaired) electrons. The molecule has 0 saturated carbocycles. The van der Waals surface area contributed by atoms with E-state index in [1.165, 1.54) is 0 Å². The van der Waals surface area contributed by atoms with Crippen LogP contribution in [-0.2, 0) is 27.4 Å². The summed E-state index contributed by atoms with van der Waals surface area (Å²) in [5.74, 6) is -0.880. The summed E-state index contributed by atoms with van der Waals surface area (Å²) in [5.41, 5.74) is 6.31. The maximum atomic E-state index is 13.6. The van der Waals surface area contributed by atoms with Crippen LogP contribution in [0.1, 0.15) is 29.2 Å². The second kappa shape index (κ2) is 14.6. The quantitative estimate of drug-likeness (QED) is 0.173. The number of carbonyl (C=O) groups is 2. The van der Waals surface area contributed by atoms with Crippen molar-refractivity contribution in [2.75, 3.05) is 6.61 Å². The number of esters is 1. The molecule has 1 heterocycles. The van der Waals surface area contributed by atoms with Crippen LogP contribution >= 0.6 is 0 Å². The zero-order chi connectivity index (χ0) is 30.7. The SMILES string of the molecule is N#Cc1ccc(-c2ccc(-c3ccn(C(CC(=O)OCc4ccccc4)C(=O)N[C@H](CO)Cc4ccccc4)c3)cc2)cc1. The molecule has 7 heteroatoms. The van der Waals surface area contributed by atoms with Crippen molar-refractivity contribution in [2.45, 2.75) is 31.5 Å². The van der Waals surface area contributed by atoms with Crippen molar-refractivity contribution in [1.29, 1.82) is 5.26 Å². The average molecular weight is 584 g/mol. The summed E-state index contributed by atoms with van der Waals surface area (Å²) in [4.78, 5) is 26.6. The fraction of sp³-hybridized carbons (Fsp3) is 0.162. The van der Waals surface area contributed by atoms with Crippen LogP contribution in [-0.4, -0.2) is 34.2 Å². The number of amides is 1. The van der Waals surface area contributed by atoms with E-state index in [2.05, 4.69) is 11.4 Å². The summed E-state index contributed by atoms with van der Waals surface area (Å²) >= 11 is 0. The lowest BCUT2D eigenvalue weighted by atomic mass is 10.0. The third-order valence-electron chi connectivity index (χ3n) is 7.44. The van der Waals surface area contributed by atoms with E-state index in [-0.39, 0.29) is 25.5 Å². The van der Waals surface area contributed by atoms with Crippen molar-refractivity contribution in [2.24, 2.45) is 0 Å². The van der Waals surface area contributed by atoms with E-state index in [4.69, 9.17) is 10.00 Å². The highest BCUT2D eigenvalue weighted by molar-refractivity contribution is 5.86. The Balaban J connectivity index is 1.33. The molecule has 4 aromatic carbocycles. The third kappa shape index (κ3) is 7.88. The Morgan fingerprint density at radius 2 is 1.34 bits per heavy atom. The molecule has 5 rings (SSSR count). The molecule has 220 valence electrons. The summed E-state index contributed by atoms with van der Waals surface area (Å²) in [5, 5.41) is 22.0. The van der Waals surface area contributed by atoms with Gasteiger partial charge in [-0.1, -0.05) is 97.1 Å². The van der Waals surface area contributed by atoms with E-state index in [1.54, 1.807) is 22.9 Å². The molecule has 0 bridgehead atoms. The molecule has 2 atom stereocenters. The van der Waals surface area contributed by atoms with E-state index in [0.29, 0.717) is 12.0 Å². The number of aliphatic hydroxyl groups is 1. The van der Waals surface area contributed by atoms with Gasteiger partial charge in [-0.25, -0.2) is 0 Å². The summed E-state index contributed by atoms with van der Waals surface area (Å²) in [6.07, 6.45) is 3.91. The molecule has 0 fully saturated rings. The monoisotopic (exact) mass is 583 g/mol. The van der Waals surface area contributed by atoms with Crippen molar-refractivity contribution in [3.05, 3.63) is 144 Å². The number of nitrogens with one attached hydrogen (secondary N) is 1. The van der Waals surface area contributed by atoms with Crippen molar-refractivity contribution >= 4 is 11.9 Å². The Hall–Kier alpha value is -5.45. The number of hydrogen-bond acceptors (Lipinski definition) is 5. The second-order valence-corrected chi connectivity index (χ2v) is 10.6. The molecule has 0 saturated heterocycles. The summed E-state index contributed by atoms with van der Waals surface area (Å²) in [6.45, 7) is -0.127. The number of aliphatic hydroxyl groups excluding tert-OH is 1. The fourth-order valence-corrected chi connectivity index (χ4v) is 5.02. The van der Waals surface area contributed by atoms with Crippen LogP contribution in [0, 0.1) is 11.3 Å². The van der Waals surface area contributed by atoms with Crippen molar-refractivity contribution in [3.8, 4) is 28.3 Å². The van der Waals surface area contributed by atoms with Crippen molar-refractivity contribution < 1.29 is 19.4 Å². The van der Waals surface area contributed by atoms with Gasteiger partial charge in [0.15, 0.2) is 0 Å². The van der Waals surface area contributed by atoms with Crippen molar-refractivity contribution in [3.63, 3.8) is 0 Å². The normalized spacial score (nSPS) is 12.1. The summed E-state index contributed by atoms with van der Waals surface area (Å²) in [7, 11) is 0. The lowest BCUT2D eigenvalue weighted by molar-refractivity contribution is -0.147. The van der Waals surface area contributed by atoms with Gasteiger partial charge in [0, 0.05) is 12.4 Å². The van der Waals surface area contributed by atoms with Crippen LogP contribution < -0.4 is 5.32 Å². The van der Waals surface area contributed by atoms with Crippen LogP contribution in [0.2, 0.25) is 0 Å². The minimum Gasteiger partial charge on any atom is -0.461 e. The van der Waals surface area contributed by atoms with Crippen LogP contribution in [0.25, 0.3) is 22.3 Å². The summed E-state index contributed by atoms with van der Waals surface area (Å²) < 4.78 is 7.24. The van der Waals surface area contributed by atoms with Gasteiger partial charge in [0.05, 0.1) is 30.7 Å². The molecule has 5 aromatic rings. The van der Waals surface area contributed by atoms with Gasteiger partial charge < -0.3 is 19.7 Å². The smallest absolute Gasteiger partial charge is 0.308 e. The van der Waals surface area contributed by atoms with Gasteiger partial charge >= 0.3 is 5.97 Å². The van der Waals surface area contributed by atoms with E-state index < -0.39 is 18.1 Å². The van der Waals surface area contributed by atoms with Gasteiger partial charge in [-0.05, 0) is 58.0 Å². The number of ether oxygens (including phenoxy) is 1. The number of carbonyl (C=O) groups excluding carboxylic acids is 2. The first-order valence-corrected chi connectivity index (χ1v) is 14.5. The molecular formula is C37H33N3O4.